The number of aryl methyl sites for hydroxylation is 1. The highest BCUT2D eigenvalue weighted by atomic mass is 16.5. The largest absolute Gasteiger partial charge is 0.475 e. The van der Waals surface area contributed by atoms with Crippen molar-refractivity contribution in [1.29, 1.82) is 5.26 Å². The van der Waals surface area contributed by atoms with Crippen molar-refractivity contribution >= 4 is 17.3 Å². The van der Waals surface area contributed by atoms with E-state index in [0.717, 1.165) is 23.5 Å². The molecule has 0 saturated carbocycles. The SMILES string of the molecule is CCOc1nnc(-c2cc(NC(=O)c3ccnc(C(C)(C)C#N)c3)cnc2C)cc1N1CCOC[C@H]1C. The molecule has 1 aliphatic rings. The topological polar surface area (TPSA) is 126 Å². The Morgan fingerprint density at radius 1 is 1.30 bits per heavy atom. The summed E-state index contributed by atoms with van der Waals surface area (Å²) in [5.41, 5.74) is 3.61. The number of aromatic nitrogens is 4. The number of hydrogen-bond donors (Lipinski definition) is 1. The first-order valence-corrected chi connectivity index (χ1v) is 12.2. The molecule has 1 fully saturated rings. The molecule has 1 N–H and O–H groups in total. The third-order valence-corrected chi connectivity index (χ3v) is 6.26. The molecule has 3 aromatic heterocycles. The van der Waals surface area contributed by atoms with Crippen molar-refractivity contribution in [2.24, 2.45) is 0 Å². The fraction of sp³-hybridized carbons (Fsp3) is 0.407. The number of ether oxygens (including phenoxy) is 2. The van der Waals surface area contributed by atoms with Crippen molar-refractivity contribution in [3.05, 3.63) is 53.6 Å². The molecular weight excluding hydrogens is 470 g/mol. The van der Waals surface area contributed by atoms with Crippen LogP contribution in [0.1, 0.15) is 49.4 Å². The van der Waals surface area contributed by atoms with E-state index in [0.29, 0.717) is 48.3 Å². The summed E-state index contributed by atoms with van der Waals surface area (Å²) in [6.45, 7) is 11.9. The highest BCUT2D eigenvalue weighted by molar-refractivity contribution is 6.04. The molecule has 4 rings (SSSR count). The zero-order valence-corrected chi connectivity index (χ0v) is 21.8. The van der Waals surface area contributed by atoms with Crippen molar-refractivity contribution < 1.29 is 14.3 Å². The van der Waals surface area contributed by atoms with Crippen LogP contribution in [0, 0.1) is 18.3 Å². The van der Waals surface area contributed by atoms with Crippen LogP contribution in [0.25, 0.3) is 11.3 Å². The van der Waals surface area contributed by atoms with E-state index in [-0.39, 0.29) is 11.9 Å². The van der Waals surface area contributed by atoms with Crippen molar-refractivity contribution in [2.45, 2.75) is 46.1 Å². The van der Waals surface area contributed by atoms with E-state index in [4.69, 9.17) is 9.47 Å². The van der Waals surface area contributed by atoms with Gasteiger partial charge in [-0.15, -0.1) is 10.2 Å². The summed E-state index contributed by atoms with van der Waals surface area (Å²) in [4.78, 5) is 24.0. The highest BCUT2D eigenvalue weighted by Crippen LogP contribution is 2.33. The quantitative estimate of drug-likeness (QED) is 0.512. The van der Waals surface area contributed by atoms with Crippen LogP contribution in [0.5, 0.6) is 5.88 Å². The number of rotatable bonds is 7. The molecule has 0 spiro atoms. The van der Waals surface area contributed by atoms with Crippen LogP contribution in [0.2, 0.25) is 0 Å². The van der Waals surface area contributed by atoms with Gasteiger partial charge in [0.25, 0.3) is 11.8 Å². The number of carbonyl (C=O) groups is 1. The summed E-state index contributed by atoms with van der Waals surface area (Å²) in [5, 5.41) is 21.1. The predicted molar refractivity (Wildman–Crippen MR) is 140 cm³/mol. The summed E-state index contributed by atoms with van der Waals surface area (Å²) >= 11 is 0. The normalized spacial score (nSPS) is 15.7. The summed E-state index contributed by atoms with van der Waals surface area (Å²) in [5.74, 6) is 0.151. The fourth-order valence-electron chi connectivity index (χ4n) is 4.07. The van der Waals surface area contributed by atoms with E-state index in [1.54, 1.807) is 32.2 Å². The van der Waals surface area contributed by atoms with Gasteiger partial charge in [0.2, 0.25) is 0 Å². The second-order valence-corrected chi connectivity index (χ2v) is 9.45. The van der Waals surface area contributed by atoms with Gasteiger partial charge in [0.05, 0.1) is 54.6 Å². The van der Waals surface area contributed by atoms with E-state index >= 15 is 0 Å². The van der Waals surface area contributed by atoms with Gasteiger partial charge in [0, 0.05) is 35.6 Å². The Morgan fingerprint density at radius 2 is 2.11 bits per heavy atom. The number of nitriles is 1. The van der Waals surface area contributed by atoms with Crippen molar-refractivity contribution in [3.8, 4) is 23.2 Å². The van der Waals surface area contributed by atoms with Crippen molar-refractivity contribution in [3.63, 3.8) is 0 Å². The fourth-order valence-corrected chi connectivity index (χ4v) is 4.07. The van der Waals surface area contributed by atoms with Gasteiger partial charge in [0.15, 0.2) is 0 Å². The van der Waals surface area contributed by atoms with Crippen molar-refractivity contribution in [1.82, 2.24) is 20.2 Å². The zero-order valence-electron chi connectivity index (χ0n) is 21.8. The van der Waals surface area contributed by atoms with E-state index in [2.05, 4.69) is 43.4 Å². The minimum Gasteiger partial charge on any atom is -0.475 e. The molecule has 1 saturated heterocycles. The van der Waals surface area contributed by atoms with Gasteiger partial charge in [0.1, 0.15) is 5.69 Å². The second kappa shape index (κ2) is 10.9. The molecule has 0 aromatic carbocycles. The van der Waals surface area contributed by atoms with E-state index in [1.165, 1.54) is 6.20 Å². The monoisotopic (exact) mass is 501 g/mol. The third kappa shape index (κ3) is 5.67. The second-order valence-electron chi connectivity index (χ2n) is 9.45. The summed E-state index contributed by atoms with van der Waals surface area (Å²) < 4.78 is 11.4. The number of anilines is 2. The van der Waals surface area contributed by atoms with E-state index < -0.39 is 5.41 Å². The molecule has 37 heavy (non-hydrogen) atoms. The standard InChI is InChI=1S/C27H31N7O3/c1-6-37-26-23(34-9-10-36-15-17(34)2)13-22(32-33-26)21-12-20(14-30-18(21)3)31-25(35)19-7-8-29-24(11-19)27(4,5)16-28/h7-8,11-14,17H,6,9-10,15H2,1-5H3,(H,31,35)/t17-/m1/s1. The molecule has 4 heterocycles. The van der Waals surface area contributed by atoms with Crippen LogP contribution in [0.4, 0.5) is 11.4 Å². The number of pyridine rings is 2. The lowest BCUT2D eigenvalue weighted by Crippen LogP contribution is -2.44. The lowest BCUT2D eigenvalue weighted by Gasteiger charge is -2.35. The van der Waals surface area contributed by atoms with Crippen LogP contribution < -0.4 is 15.0 Å². The maximum absolute atomic E-state index is 13.0. The van der Waals surface area contributed by atoms with Crippen LogP contribution in [0.15, 0.2) is 36.7 Å². The number of carbonyl (C=O) groups excluding carboxylic acids is 1. The van der Waals surface area contributed by atoms with Gasteiger partial charge in [-0.25, -0.2) is 0 Å². The zero-order chi connectivity index (χ0) is 26.6. The molecule has 10 nitrogen and oxygen atoms in total. The summed E-state index contributed by atoms with van der Waals surface area (Å²) in [6, 6.07) is 9.40. The van der Waals surface area contributed by atoms with E-state index in [1.807, 2.05) is 26.0 Å². The molecule has 0 bridgehead atoms. The van der Waals surface area contributed by atoms with Gasteiger partial charge in [-0.3, -0.25) is 14.8 Å². The Balaban J connectivity index is 1.64. The number of hydrogen-bond acceptors (Lipinski definition) is 9. The Kier molecular flexibility index (Phi) is 7.64. The summed E-state index contributed by atoms with van der Waals surface area (Å²) in [7, 11) is 0. The molecule has 0 aliphatic carbocycles. The Morgan fingerprint density at radius 3 is 2.84 bits per heavy atom. The number of amides is 1. The summed E-state index contributed by atoms with van der Waals surface area (Å²) in [6.07, 6.45) is 3.14. The maximum atomic E-state index is 13.0. The van der Waals surface area contributed by atoms with E-state index in [9.17, 15) is 10.1 Å². The average molecular weight is 502 g/mol. The smallest absolute Gasteiger partial charge is 0.257 e. The lowest BCUT2D eigenvalue weighted by atomic mass is 9.90. The molecular formula is C27H31N7O3. The van der Waals surface area contributed by atoms with Gasteiger partial charge in [-0.2, -0.15) is 5.26 Å². The van der Waals surface area contributed by atoms with Crippen LogP contribution in [-0.4, -0.2) is 58.5 Å². The van der Waals surface area contributed by atoms with Gasteiger partial charge >= 0.3 is 0 Å². The first-order chi connectivity index (χ1) is 17.7. The predicted octanol–water partition coefficient (Wildman–Crippen LogP) is 3.92. The highest BCUT2D eigenvalue weighted by Gasteiger charge is 2.25. The molecule has 1 atom stereocenters. The minimum absolute atomic E-state index is 0.158. The molecule has 10 heteroatoms. The van der Waals surface area contributed by atoms with Gasteiger partial charge in [-0.05, 0) is 58.9 Å². The first-order valence-electron chi connectivity index (χ1n) is 12.2. The Hall–Kier alpha value is -4.10. The van der Waals surface area contributed by atoms with Crippen molar-refractivity contribution in [2.75, 3.05) is 36.6 Å². The minimum atomic E-state index is -0.809. The van der Waals surface area contributed by atoms with Crippen LogP contribution >= 0.6 is 0 Å². The molecule has 1 aliphatic heterocycles. The lowest BCUT2D eigenvalue weighted by molar-refractivity contribution is 0.0985. The first kappa shape index (κ1) is 26.0. The third-order valence-electron chi connectivity index (χ3n) is 6.26. The molecule has 0 unspecified atom stereocenters. The maximum Gasteiger partial charge on any atom is 0.257 e. The van der Waals surface area contributed by atoms with Crippen LogP contribution in [-0.2, 0) is 10.2 Å². The Bertz CT molecular complexity index is 1340. The average Bonchev–Trinajstić information content (AvgIpc) is 2.90. The number of morpholine rings is 1. The number of nitrogens with zero attached hydrogens (tertiary/aromatic N) is 6. The van der Waals surface area contributed by atoms with Crippen LogP contribution in [0.3, 0.4) is 0 Å². The number of nitrogens with one attached hydrogen (secondary N) is 1. The Labute approximate surface area is 216 Å². The molecule has 0 radical (unpaired) electrons. The molecule has 192 valence electrons. The molecule has 1 amide bonds. The van der Waals surface area contributed by atoms with Gasteiger partial charge in [-0.1, -0.05) is 0 Å². The molecule has 3 aromatic rings. The van der Waals surface area contributed by atoms with Gasteiger partial charge < -0.3 is 19.7 Å².